The van der Waals surface area contributed by atoms with Crippen molar-refractivity contribution < 1.29 is 4.79 Å². The van der Waals surface area contributed by atoms with Crippen LogP contribution in [0.25, 0.3) is 0 Å². The van der Waals surface area contributed by atoms with Crippen LogP contribution >= 0.6 is 22.9 Å². The van der Waals surface area contributed by atoms with E-state index < -0.39 is 0 Å². The standard InChI is InChI=1S/C11H15ClN2OS/c12-3-4-13-5-7-14(8-6-13)11(15)10-2-1-9-16-10/h1-2,9H,3-8H2. The SMILES string of the molecule is O=C(c1cccs1)N1CCN(CCCl)CC1. The molecule has 1 aliphatic heterocycles. The van der Waals surface area contributed by atoms with Crippen LogP contribution in [-0.2, 0) is 0 Å². The first kappa shape index (κ1) is 11.9. The second-order valence-corrected chi connectivity index (χ2v) is 5.13. The van der Waals surface area contributed by atoms with Crippen LogP contribution in [0.2, 0.25) is 0 Å². The number of nitrogens with zero attached hydrogens (tertiary/aromatic N) is 2. The predicted octanol–water partition coefficient (Wildman–Crippen LogP) is 1.74. The number of thiophene rings is 1. The molecule has 1 aliphatic rings. The molecule has 0 saturated carbocycles. The smallest absolute Gasteiger partial charge is 0.264 e. The highest BCUT2D eigenvalue weighted by atomic mass is 35.5. The summed E-state index contributed by atoms with van der Waals surface area (Å²) < 4.78 is 0. The van der Waals surface area contributed by atoms with E-state index in [-0.39, 0.29) is 5.91 Å². The molecule has 0 radical (unpaired) electrons. The highest BCUT2D eigenvalue weighted by Crippen LogP contribution is 2.13. The number of carbonyl (C=O) groups is 1. The third-order valence-electron chi connectivity index (χ3n) is 2.79. The van der Waals surface area contributed by atoms with Crippen molar-refractivity contribution in [3.05, 3.63) is 22.4 Å². The molecule has 3 nitrogen and oxygen atoms in total. The van der Waals surface area contributed by atoms with E-state index in [9.17, 15) is 4.79 Å². The van der Waals surface area contributed by atoms with E-state index in [1.807, 2.05) is 22.4 Å². The average molecular weight is 259 g/mol. The van der Waals surface area contributed by atoms with Gasteiger partial charge in [0, 0.05) is 38.6 Å². The molecular weight excluding hydrogens is 244 g/mol. The predicted molar refractivity (Wildman–Crippen MR) is 67.4 cm³/mol. The summed E-state index contributed by atoms with van der Waals surface area (Å²) >= 11 is 7.20. The van der Waals surface area contributed by atoms with Gasteiger partial charge in [-0.05, 0) is 11.4 Å². The van der Waals surface area contributed by atoms with E-state index in [1.165, 1.54) is 11.3 Å². The number of amides is 1. The number of carbonyl (C=O) groups excluding carboxylic acids is 1. The number of alkyl halides is 1. The van der Waals surface area contributed by atoms with Crippen LogP contribution in [0.5, 0.6) is 0 Å². The lowest BCUT2D eigenvalue weighted by Crippen LogP contribution is -2.48. The van der Waals surface area contributed by atoms with E-state index >= 15 is 0 Å². The van der Waals surface area contributed by atoms with Gasteiger partial charge in [-0.3, -0.25) is 9.69 Å². The number of hydrogen-bond donors (Lipinski definition) is 0. The Hall–Kier alpha value is -0.580. The second kappa shape index (κ2) is 5.66. The summed E-state index contributed by atoms with van der Waals surface area (Å²) in [5.74, 6) is 0.833. The van der Waals surface area contributed by atoms with E-state index in [0.717, 1.165) is 37.6 Å². The molecule has 5 heteroatoms. The molecule has 0 bridgehead atoms. The van der Waals surface area contributed by atoms with Crippen LogP contribution in [0, 0.1) is 0 Å². The van der Waals surface area contributed by atoms with Gasteiger partial charge in [-0.1, -0.05) is 6.07 Å². The number of rotatable bonds is 3. The summed E-state index contributed by atoms with van der Waals surface area (Å²) in [7, 11) is 0. The Bertz CT molecular complexity index is 334. The summed E-state index contributed by atoms with van der Waals surface area (Å²) in [6.07, 6.45) is 0. The molecule has 1 aromatic rings. The minimum Gasteiger partial charge on any atom is -0.335 e. The highest BCUT2D eigenvalue weighted by molar-refractivity contribution is 7.12. The van der Waals surface area contributed by atoms with Crippen LogP contribution in [-0.4, -0.2) is 54.3 Å². The summed E-state index contributed by atoms with van der Waals surface area (Å²) in [6, 6.07) is 3.81. The van der Waals surface area contributed by atoms with Gasteiger partial charge in [0.05, 0.1) is 4.88 Å². The molecule has 0 aromatic carbocycles. The molecule has 88 valence electrons. The quantitative estimate of drug-likeness (QED) is 0.772. The molecule has 0 unspecified atom stereocenters. The minimum absolute atomic E-state index is 0.167. The van der Waals surface area contributed by atoms with Crippen molar-refractivity contribution in [1.29, 1.82) is 0 Å². The summed E-state index contributed by atoms with van der Waals surface area (Å²) in [6.45, 7) is 4.41. The van der Waals surface area contributed by atoms with Crippen molar-refractivity contribution in [1.82, 2.24) is 9.80 Å². The Morgan fingerprint density at radius 2 is 2.12 bits per heavy atom. The van der Waals surface area contributed by atoms with Gasteiger partial charge < -0.3 is 4.90 Å². The first-order valence-corrected chi connectivity index (χ1v) is 6.84. The molecule has 2 heterocycles. The van der Waals surface area contributed by atoms with Gasteiger partial charge in [-0.15, -0.1) is 22.9 Å². The average Bonchev–Trinajstić information content (AvgIpc) is 2.83. The molecule has 2 rings (SSSR count). The molecule has 0 N–H and O–H groups in total. The van der Waals surface area contributed by atoms with Crippen LogP contribution in [0.3, 0.4) is 0 Å². The maximum Gasteiger partial charge on any atom is 0.264 e. The normalized spacial score (nSPS) is 17.7. The number of piperazine rings is 1. The largest absolute Gasteiger partial charge is 0.335 e. The fraction of sp³-hybridized carbons (Fsp3) is 0.545. The Morgan fingerprint density at radius 3 is 2.69 bits per heavy atom. The van der Waals surface area contributed by atoms with Crippen LogP contribution in [0.1, 0.15) is 9.67 Å². The zero-order valence-corrected chi connectivity index (χ0v) is 10.6. The molecule has 16 heavy (non-hydrogen) atoms. The summed E-state index contributed by atoms with van der Waals surface area (Å²) in [5, 5.41) is 1.94. The van der Waals surface area contributed by atoms with Crippen LogP contribution in [0.15, 0.2) is 17.5 Å². The molecule has 0 aliphatic carbocycles. The molecular formula is C11H15ClN2OS. The van der Waals surface area contributed by atoms with Crippen molar-refractivity contribution in [3.8, 4) is 0 Å². The zero-order valence-electron chi connectivity index (χ0n) is 9.06. The van der Waals surface area contributed by atoms with Crippen LogP contribution in [0.4, 0.5) is 0 Å². The lowest BCUT2D eigenvalue weighted by molar-refractivity contribution is 0.0649. The molecule has 0 spiro atoms. The molecule has 1 amide bonds. The first-order valence-electron chi connectivity index (χ1n) is 5.42. The van der Waals surface area contributed by atoms with E-state index in [0.29, 0.717) is 5.88 Å². The zero-order chi connectivity index (χ0) is 11.4. The minimum atomic E-state index is 0.167. The maximum atomic E-state index is 12.0. The number of halogens is 1. The summed E-state index contributed by atoms with van der Waals surface area (Å²) in [5.41, 5.74) is 0. The Morgan fingerprint density at radius 1 is 1.38 bits per heavy atom. The Kier molecular flexibility index (Phi) is 4.21. The highest BCUT2D eigenvalue weighted by Gasteiger charge is 2.21. The first-order chi connectivity index (χ1) is 7.81. The van der Waals surface area contributed by atoms with Gasteiger partial charge in [0.25, 0.3) is 5.91 Å². The van der Waals surface area contributed by atoms with Crippen LogP contribution < -0.4 is 0 Å². The van der Waals surface area contributed by atoms with Gasteiger partial charge in [-0.25, -0.2) is 0 Å². The lowest BCUT2D eigenvalue weighted by Gasteiger charge is -2.34. The molecule has 1 fully saturated rings. The molecule has 1 aromatic heterocycles. The third kappa shape index (κ3) is 2.75. The van der Waals surface area contributed by atoms with E-state index in [2.05, 4.69) is 4.90 Å². The summed E-state index contributed by atoms with van der Waals surface area (Å²) in [4.78, 5) is 17.1. The maximum absolute atomic E-state index is 12.0. The van der Waals surface area contributed by atoms with Crippen molar-refractivity contribution in [3.63, 3.8) is 0 Å². The molecule has 0 atom stereocenters. The molecule has 1 saturated heterocycles. The van der Waals surface area contributed by atoms with E-state index in [4.69, 9.17) is 11.6 Å². The van der Waals surface area contributed by atoms with Gasteiger partial charge in [0.2, 0.25) is 0 Å². The number of hydrogen-bond acceptors (Lipinski definition) is 3. The third-order valence-corrected chi connectivity index (χ3v) is 3.82. The second-order valence-electron chi connectivity index (χ2n) is 3.80. The van der Waals surface area contributed by atoms with Gasteiger partial charge in [-0.2, -0.15) is 0 Å². The van der Waals surface area contributed by atoms with Crippen molar-refractivity contribution in [2.75, 3.05) is 38.6 Å². The lowest BCUT2D eigenvalue weighted by atomic mass is 10.3. The van der Waals surface area contributed by atoms with Gasteiger partial charge >= 0.3 is 0 Å². The van der Waals surface area contributed by atoms with Gasteiger partial charge in [0.15, 0.2) is 0 Å². The van der Waals surface area contributed by atoms with Crippen molar-refractivity contribution >= 4 is 28.8 Å². The Labute approximate surface area is 105 Å². The Balaban J connectivity index is 1.87. The van der Waals surface area contributed by atoms with E-state index in [1.54, 1.807) is 0 Å². The van der Waals surface area contributed by atoms with Crippen molar-refractivity contribution in [2.45, 2.75) is 0 Å². The topological polar surface area (TPSA) is 23.6 Å². The van der Waals surface area contributed by atoms with Gasteiger partial charge in [0.1, 0.15) is 0 Å². The fourth-order valence-corrected chi connectivity index (χ4v) is 2.78. The fourth-order valence-electron chi connectivity index (χ4n) is 1.85. The van der Waals surface area contributed by atoms with Crippen molar-refractivity contribution in [2.24, 2.45) is 0 Å². The monoisotopic (exact) mass is 258 g/mol.